The number of carbonyl (C=O) groups is 1. The number of anilines is 1. The number of esters is 1. The Bertz CT molecular complexity index is 574. The average molecular weight is 361 g/mol. The summed E-state index contributed by atoms with van der Waals surface area (Å²) in [5.41, 5.74) is 0.792. The quantitative estimate of drug-likeness (QED) is 0.816. The fraction of sp³-hybridized carbons (Fsp3) is 0.154. The van der Waals surface area contributed by atoms with Crippen LogP contribution in [0.5, 0.6) is 0 Å². The number of thiophene rings is 1. The molecule has 0 aliphatic heterocycles. The van der Waals surface area contributed by atoms with Crippen LogP contribution in [0.1, 0.15) is 10.9 Å². The van der Waals surface area contributed by atoms with E-state index in [1.54, 1.807) is 6.07 Å². The minimum atomic E-state index is -0.516. The van der Waals surface area contributed by atoms with Crippen molar-refractivity contribution in [1.29, 1.82) is 0 Å². The molecule has 0 aliphatic carbocycles. The lowest BCUT2D eigenvalue weighted by Gasteiger charge is -2.16. The van der Waals surface area contributed by atoms with Gasteiger partial charge in [0.05, 0.1) is 12.1 Å². The lowest BCUT2D eigenvalue weighted by atomic mass is 10.2. The summed E-state index contributed by atoms with van der Waals surface area (Å²) in [6, 6.07) is 8.68. The van der Waals surface area contributed by atoms with Gasteiger partial charge >= 0.3 is 5.97 Å². The van der Waals surface area contributed by atoms with Crippen LogP contribution in [0.25, 0.3) is 0 Å². The summed E-state index contributed by atoms with van der Waals surface area (Å²) in [5, 5.41) is 5.69. The van der Waals surface area contributed by atoms with Gasteiger partial charge in [0.1, 0.15) is 0 Å². The third-order valence-electron chi connectivity index (χ3n) is 2.50. The van der Waals surface area contributed by atoms with Crippen LogP contribution in [-0.4, -0.2) is 13.1 Å². The molecule has 0 radical (unpaired) electrons. The molecule has 0 saturated heterocycles. The van der Waals surface area contributed by atoms with Crippen molar-refractivity contribution in [3.05, 3.63) is 50.1 Å². The van der Waals surface area contributed by atoms with Crippen LogP contribution in [0.3, 0.4) is 0 Å². The van der Waals surface area contributed by atoms with E-state index in [0.29, 0.717) is 5.02 Å². The SMILES string of the molecule is COC(=O)C(Nc1ccc(Cl)c(Br)c1)c1cccs1. The molecule has 1 aromatic heterocycles. The Morgan fingerprint density at radius 2 is 2.26 bits per heavy atom. The highest BCUT2D eigenvalue weighted by Crippen LogP contribution is 2.29. The largest absolute Gasteiger partial charge is 0.467 e. The van der Waals surface area contributed by atoms with Gasteiger partial charge in [-0.15, -0.1) is 11.3 Å². The number of carbonyl (C=O) groups excluding carboxylic acids is 1. The maximum Gasteiger partial charge on any atom is 0.333 e. The highest BCUT2D eigenvalue weighted by Gasteiger charge is 2.22. The van der Waals surface area contributed by atoms with Gasteiger partial charge in [-0.1, -0.05) is 17.7 Å². The number of halogens is 2. The molecule has 19 heavy (non-hydrogen) atoms. The summed E-state index contributed by atoms with van der Waals surface area (Å²) >= 11 is 10.8. The second kappa shape index (κ2) is 6.41. The Morgan fingerprint density at radius 3 is 2.84 bits per heavy atom. The van der Waals surface area contributed by atoms with Crippen molar-refractivity contribution < 1.29 is 9.53 Å². The molecule has 1 heterocycles. The fourth-order valence-electron chi connectivity index (χ4n) is 1.57. The molecular weight excluding hydrogens is 350 g/mol. The first-order chi connectivity index (χ1) is 9.11. The molecule has 1 N–H and O–H groups in total. The molecule has 0 fully saturated rings. The zero-order chi connectivity index (χ0) is 13.8. The maximum absolute atomic E-state index is 11.9. The molecule has 2 aromatic rings. The van der Waals surface area contributed by atoms with Crippen LogP contribution in [0, 0.1) is 0 Å². The van der Waals surface area contributed by atoms with Crippen molar-refractivity contribution >= 4 is 50.5 Å². The first-order valence-corrected chi connectivity index (χ1v) is 7.49. The molecule has 2 rings (SSSR count). The minimum Gasteiger partial charge on any atom is -0.467 e. The van der Waals surface area contributed by atoms with E-state index in [9.17, 15) is 4.79 Å². The van der Waals surface area contributed by atoms with E-state index in [1.165, 1.54) is 18.4 Å². The summed E-state index contributed by atoms with van der Waals surface area (Å²) in [6.07, 6.45) is 0. The first kappa shape index (κ1) is 14.4. The summed E-state index contributed by atoms with van der Waals surface area (Å²) in [6.45, 7) is 0. The predicted molar refractivity (Wildman–Crippen MR) is 81.9 cm³/mol. The highest BCUT2D eigenvalue weighted by atomic mass is 79.9. The lowest BCUT2D eigenvalue weighted by Crippen LogP contribution is -2.21. The van der Waals surface area contributed by atoms with E-state index in [4.69, 9.17) is 16.3 Å². The molecule has 1 aromatic carbocycles. The van der Waals surface area contributed by atoms with Crippen molar-refractivity contribution in [2.24, 2.45) is 0 Å². The zero-order valence-corrected chi connectivity index (χ0v) is 13.2. The van der Waals surface area contributed by atoms with Crippen LogP contribution >= 0.6 is 38.9 Å². The van der Waals surface area contributed by atoms with Gasteiger partial charge in [0.15, 0.2) is 6.04 Å². The normalized spacial score (nSPS) is 11.9. The molecule has 1 atom stereocenters. The Hall–Kier alpha value is -1.04. The Kier molecular flexibility index (Phi) is 4.85. The van der Waals surface area contributed by atoms with E-state index in [0.717, 1.165) is 15.0 Å². The van der Waals surface area contributed by atoms with Crippen molar-refractivity contribution in [3.8, 4) is 0 Å². The van der Waals surface area contributed by atoms with Gasteiger partial charge in [-0.2, -0.15) is 0 Å². The highest BCUT2D eigenvalue weighted by molar-refractivity contribution is 9.10. The molecule has 0 aliphatic rings. The summed E-state index contributed by atoms with van der Waals surface area (Å²) < 4.78 is 5.60. The summed E-state index contributed by atoms with van der Waals surface area (Å²) in [7, 11) is 1.38. The van der Waals surface area contributed by atoms with E-state index in [-0.39, 0.29) is 5.97 Å². The van der Waals surface area contributed by atoms with Gasteiger partial charge in [-0.3, -0.25) is 0 Å². The maximum atomic E-state index is 11.9. The molecule has 0 amide bonds. The predicted octanol–water partition coefficient (Wildman–Crippen LogP) is 4.49. The summed E-state index contributed by atoms with van der Waals surface area (Å²) in [5.74, 6) is -0.325. The van der Waals surface area contributed by atoms with Crippen LogP contribution in [0.2, 0.25) is 5.02 Å². The zero-order valence-electron chi connectivity index (χ0n) is 10.0. The number of methoxy groups -OCH3 is 1. The summed E-state index contributed by atoms with van der Waals surface area (Å²) in [4.78, 5) is 12.8. The van der Waals surface area contributed by atoms with Crippen molar-refractivity contribution in [3.63, 3.8) is 0 Å². The van der Waals surface area contributed by atoms with Crippen LogP contribution in [-0.2, 0) is 9.53 Å². The van der Waals surface area contributed by atoms with Gasteiger partial charge < -0.3 is 10.1 Å². The molecule has 1 unspecified atom stereocenters. The number of benzene rings is 1. The molecule has 3 nitrogen and oxygen atoms in total. The smallest absolute Gasteiger partial charge is 0.333 e. The minimum absolute atomic E-state index is 0.325. The number of hydrogen-bond donors (Lipinski definition) is 1. The van der Waals surface area contributed by atoms with Crippen LogP contribution in [0.15, 0.2) is 40.2 Å². The molecule has 0 bridgehead atoms. The number of rotatable bonds is 4. The molecular formula is C13H11BrClNO2S. The van der Waals surface area contributed by atoms with E-state index >= 15 is 0 Å². The monoisotopic (exact) mass is 359 g/mol. The van der Waals surface area contributed by atoms with Gasteiger partial charge in [0.2, 0.25) is 0 Å². The number of hydrogen-bond acceptors (Lipinski definition) is 4. The molecule has 0 saturated carbocycles. The van der Waals surface area contributed by atoms with Crippen molar-refractivity contribution in [2.45, 2.75) is 6.04 Å². The Balaban J connectivity index is 2.25. The fourth-order valence-corrected chi connectivity index (χ4v) is 2.83. The average Bonchev–Trinajstić information content (AvgIpc) is 2.93. The molecule has 0 spiro atoms. The molecule has 100 valence electrons. The second-order valence-corrected chi connectivity index (χ2v) is 5.99. The lowest BCUT2D eigenvalue weighted by molar-refractivity contribution is -0.141. The van der Waals surface area contributed by atoms with Crippen LogP contribution in [0.4, 0.5) is 5.69 Å². The number of ether oxygens (including phenoxy) is 1. The van der Waals surface area contributed by atoms with Gasteiger partial charge in [-0.05, 0) is 45.6 Å². The van der Waals surface area contributed by atoms with E-state index in [1.807, 2.05) is 29.6 Å². The van der Waals surface area contributed by atoms with E-state index < -0.39 is 6.04 Å². The van der Waals surface area contributed by atoms with Crippen LogP contribution < -0.4 is 5.32 Å². The molecule has 6 heteroatoms. The van der Waals surface area contributed by atoms with Gasteiger partial charge in [-0.25, -0.2) is 4.79 Å². The van der Waals surface area contributed by atoms with E-state index in [2.05, 4.69) is 21.2 Å². The Morgan fingerprint density at radius 1 is 1.47 bits per heavy atom. The Labute approximate surface area is 128 Å². The first-order valence-electron chi connectivity index (χ1n) is 5.44. The second-order valence-electron chi connectivity index (χ2n) is 3.74. The van der Waals surface area contributed by atoms with Crippen molar-refractivity contribution in [1.82, 2.24) is 0 Å². The van der Waals surface area contributed by atoms with Crippen molar-refractivity contribution in [2.75, 3.05) is 12.4 Å². The van der Waals surface area contributed by atoms with Gasteiger partial charge in [0.25, 0.3) is 0 Å². The van der Waals surface area contributed by atoms with Gasteiger partial charge in [0, 0.05) is 15.0 Å². The topological polar surface area (TPSA) is 38.3 Å². The standard InChI is InChI=1S/C13H11BrClNO2S/c1-18-13(17)12(11-3-2-6-19-11)16-8-4-5-10(15)9(14)7-8/h2-7,12,16H,1H3. The number of nitrogens with one attached hydrogen (secondary N) is 1. The third kappa shape index (κ3) is 3.49. The third-order valence-corrected chi connectivity index (χ3v) is 4.65.